The van der Waals surface area contributed by atoms with Crippen LogP contribution in [0.1, 0.15) is 42.6 Å². The maximum Gasteiger partial charge on any atom is 0.256 e. The Morgan fingerprint density at radius 2 is 2.11 bits per heavy atom. The van der Waals surface area contributed by atoms with Crippen LogP contribution in [0.3, 0.4) is 0 Å². The molecule has 18 heavy (non-hydrogen) atoms. The van der Waals surface area contributed by atoms with Crippen LogP contribution in [0.15, 0.2) is 12.1 Å². The predicted molar refractivity (Wildman–Crippen MR) is 72.0 cm³/mol. The molecule has 0 aliphatic carbocycles. The van der Waals surface area contributed by atoms with Gasteiger partial charge in [-0.05, 0) is 38.0 Å². The van der Waals surface area contributed by atoms with Gasteiger partial charge in [0.15, 0.2) is 0 Å². The first-order valence-corrected chi connectivity index (χ1v) is 6.21. The number of nitrogens with two attached hydrogens (primary N) is 1. The van der Waals surface area contributed by atoms with Crippen molar-refractivity contribution in [3.63, 3.8) is 0 Å². The molecule has 0 heterocycles. The third-order valence-electron chi connectivity index (χ3n) is 3.20. The van der Waals surface area contributed by atoms with Crippen molar-refractivity contribution in [2.45, 2.75) is 39.7 Å². The quantitative estimate of drug-likeness (QED) is 0.837. The molecule has 0 bridgehead atoms. The van der Waals surface area contributed by atoms with Gasteiger partial charge < -0.3 is 10.6 Å². The molecule has 3 nitrogen and oxygen atoms in total. The maximum atomic E-state index is 13.9. The molecule has 0 radical (unpaired) electrons. The monoisotopic (exact) mass is 252 g/mol. The maximum absolute atomic E-state index is 13.9. The lowest BCUT2D eigenvalue weighted by atomic mass is 10.1. The van der Waals surface area contributed by atoms with E-state index in [1.807, 2.05) is 6.92 Å². The number of halogens is 1. The van der Waals surface area contributed by atoms with E-state index in [4.69, 9.17) is 5.73 Å². The molecule has 0 aliphatic rings. The minimum atomic E-state index is -0.482. The molecule has 1 unspecified atom stereocenters. The fourth-order valence-electron chi connectivity index (χ4n) is 1.95. The van der Waals surface area contributed by atoms with Crippen LogP contribution in [0, 0.1) is 12.7 Å². The van der Waals surface area contributed by atoms with Crippen LogP contribution in [0.5, 0.6) is 0 Å². The average molecular weight is 252 g/mol. The number of benzene rings is 1. The molecule has 1 aromatic carbocycles. The molecule has 2 N–H and O–H groups in total. The van der Waals surface area contributed by atoms with Gasteiger partial charge in [-0.3, -0.25) is 4.79 Å². The van der Waals surface area contributed by atoms with Crippen molar-refractivity contribution in [1.29, 1.82) is 0 Å². The minimum absolute atomic E-state index is 0.0537. The Bertz CT molecular complexity index is 446. The number of nitrogens with zero attached hydrogens (tertiary/aromatic N) is 1. The molecule has 0 aliphatic heterocycles. The van der Waals surface area contributed by atoms with Crippen LogP contribution < -0.4 is 5.73 Å². The molecule has 0 spiro atoms. The number of hydrogen-bond donors (Lipinski definition) is 1. The Hall–Kier alpha value is -1.58. The summed E-state index contributed by atoms with van der Waals surface area (Å²) in [6.45, 7) is 5.62. The van der Waals surface area contributed by atoms with E-state index in [2.05, 4.69) is 6.92 Å². The van der Waals surface area contributed by atoms with Gasteiger partial charge in [0.2, 0.25) is 0 Å². The molecule has 1 aromatic rings. The second-order valence-corrected chi connectivity index (χ2v) is 4.75. The van der Waals surface area contributed by atoms with E-state index in [-0.39, 0.29) is 17.5 Å². The van der Waals surface area contributed by atoms with Gasteiger partial charge >= 0.3 is 0 Å². The SMILES string of the molecule is CCCC(C)N(C)C(=O)c1cc(N)cc(C)c1F. The molecule has 0 saturated carbocycles. The Balaban J connectivity index is 3.04. The van der Waals surface area contributed by atoms with Gasteiger partial charge in [0.05, 0.1) is 5.56 Å². The van der Waals surface area contributed by atoms with Crippen molar-refractivity contribution in [1.82, 2.24) is 4.90 Å². The Morgan fingerprint density at radius 1 is 1.50 bits per heavy atom. The van der Waals surface area contributed by atoms with Gasteiger partial charge in [-0.25, -0.2) is 4.39 Å². The number of aryl methyl sites for hydroxylation is 1. The summed E-state index contributed by atoms with van der Waals surface area (Å²) in [5.41, 5.74) is 6.53. The number of nitrogen functional groups attached to an aromatic ring is 1. The number of carbonyl (C=O) groups excluding carboxylic acids is 1. The fourth-order valence-corrected chi connectivity index (χ4v) is 1.95. The van der Waals surface area contributed by atoms with Crippen LogP contribution in [0.25, 0.3) is 0 Å². The Kier molecular flexibility index (Phi) is 4.70. The minimum Gasteiger partial charge on any atom is -0.399 e. The van der Waals surface area contributed by atoms with Gasteiger partial charge in [-0.15, -0.1) is 0 Å². The summed E-state index contributed by atoms with van der Waals surface area (Å²) in [7, 11) is 1.70. The van der Waals surface area contributed by atoms with Crippen molar-refractivity contribution in [3.05, 3.63) is 29.1 Å². The average Bonchev–Trinajstić information content (AvgIpc) is 2.32. The van der Waals surface area contributed by atoms with Crippen LogP contribution in [0.2, 0.25) is 0 Å². The summed E-state index contributed by atoms with van der Waals surface area (Å²) in [6.07, 6.45) is 1.88. The van der Waals surface area contributed by atoms with Crippen LogP contribution >= 0.6 is 0 Å². The third kappa shape index (κ3) is 3.00. The highest BCUT2D eigenvalue weighted by atomic mass is 19.1. The zero-order chi connectivity index (χ0) is 13.9. The zero-order valence-electron chi connectivity index (χ0n) is 11.5. The molecule has 0 saturated heterocycles. The molecule has 1 amide bonds. The van der Waals surface area contributed by atoms with Crippen molar-refractivity contribution in [3.8, 4) is 0 Å². The smallest absolute Gasteiger partial charge is 0.256 e. The molecular formula is C14H21FN2O. The number of carbonyl (C=O) groups is 1. The summed E-state index contributed by atoms with van der Waals surface area (Å²) < 4.78 is 13.9. The Labute approximate surface area is 108 Å². The summed E-state index contributed by atoms with van der Waals surface area (Å²) in [6, 6.07) is 3.02. The zero-order valence-corrected chi connectivity index (χ0v) is 11.5. The number of hydrogen-bond acceptors (Lipinski definition) is 2. The standard InChI is InChI=1S/C14H21FN2O/c1-5-6-10(3)17(4)14(18)12-8-11(16)7-9(2)13(12)15/h7-8,10H,5-6,16H2,1-4H3. The largest absolute Gasteiger partial charge is 0.399 e. The molecule has 1 atom stereocenters. The van der Waals surface area contributed by atoms with Crippen LogP contribution in [-0.2, 0) is 0 Å². The lowest BCUT2D eigenvalue weighted by Crippen LogP contribution is -2.35. The lowest BCUT2D eigenvalue weighted by molar-refractivity contribution is 0.0732. The first-order valence-electron chi connectivity index (χ1n) is 6.21. The topological polar surface area (TPSA) is 46.3 Å². The normalized spacial score (nSPS) is 12.3. The van der Waals surface area contributed by atoms with Crippen LogP contribution in [0.4, 0.5) is 10.1 Å². The number of anilines is 1. The first kappa shape index (κ1) is 14.5. The molecule has 0 fully saturated rings. The Morgan fingerprint density at radius 3 is 2.67 bits per heavy atom. The predicted octanol–water partition coefficient (Wildman–Crippen LogP) is 2.98. The van der Waals surface area contributed by atoms with Gasteiger partial charge in [0, 0.05) is 18.8 Å². The van der Waals surface area contributed by atoms with E-state index >= 15 is 0 Å². The van der Waals surface area contributed by atoms with Crippen molar-refractivity contribution in [2.75, 3.05) is 12.8 Å². The summed E-state index contributed by atoms with van der Waals surface area (Å²) in [5, 5.41) is 0. The van der Waals surface area contributed by atoms with E-state index < -0.39 is 5.82 Å². The van der Waals surface area contributed by atoms with E-state index in [0.717, 1.165) is 12.8 Å². The molecule has 1 rings (SSSR count). The second-order valence-electron chi connectivity index (χ2n) is 4.75. The third-order valence-corrected chi connectivity index (χ3v) is 3.20. The number of rotatable bonds is 4. The summed E-state index contributed by atoms with van der Waals surface area (Å²) in [4.78, 5) is 13.8. The van der Waals surface area contributed by atoms with Crippen molar-refractivity contribution in [2.24, 2.45) is 0 Å². The van der Waals surface area contributed by atoms with E-state index in [1.165, 1.54) is 12.1 Å². The highest BCUT2D eigenvalue weighted by Crippen LogP contribution is 2.19. The molecule has 100 valence electrons. The highest BCUT2D eigenvalue weighted by molar-refractivity contribution is 5.95. The van der Waals surface area contributed by atoms with E-state index in [0.29, 0.717) is 11.3 Å². The van der Waals surface area contributed by atoms with Crippen molar-refractivity contribution < 1.29 is 9.18 Å². The van der Waals surface area contributed by atoms with Crippen LogP contribution in [-0.4, -0.2) is 23.9 Å². The first-order chi connectivity index (χ1) is 8.38. The lowest BCUT2D eigenvalue weighted by Gasteiger charge is -2.25. The fraction of sp³-hybridized carbons (Fsp3) is 0.500. The highest BCUT2D eigenvalue weighted by Gasteiger charge is 2.21. The molecule has 4 heteroatoms. The number of amides is 1. The van der Waals surface area contributed by atoms with Gasteiger partial charge in [0.25, 0.3) is 5.91 Å². The molecular weight excluding hydrogens is 231 g/mol. The van der Waals surface area contributed by atoms with Gasteiger partial charge in [-0.1, -0.05) is 13.3 Å². The van der Waals surface area contributed by atoms with E-state index in [9.17, 15) is 9.18 Å². The summed E-state index contributed by atoms with van der Waals surface area (Å²) in [5.74, 6) is -0.798. The van der Waals surface area contributed by atoms with Gasteiger partial charge in [-0.2, -0.15) is 0 Å². The second kappa shape index (κ2) is 5.85. The van der Waals surface area contributed by atoms with E-state index in [1.54, 1.807) is 18.9 Å². The summed E-state index contributed by atoms with van der Waals surface area (Å²) >= 11 is 0. The van der Waals surface area contributed by atoms with Crippen molar-refractivity contribution >= 4 is 11.6 Å². The molecule has 0 aromatic heterocycles. The van der Waals surface area contributed by atoms with Gasteiger partial charge in [0.1, 0.15) is 5.82 Å².